The number of carbonyl (C=O) groups is 2. The minimum atomic E-state index is -1.22. The van der Waals surface area contributed by atoms with Gasteiger partial charge >= 0.3 is 5.97 Å². The summed E-state index contributed by atoms with van der Waals surface area (Å²) in [6, 6.07) is 13.4. The number of fused-ring (bicyclic) bond motifs is 6. The van der Waals surface area contributed by atoms with Crippen molar-refractivity contribution in [3.8, 4) is 11.8 Å². The average molecular weight is 755 g/mol. The Balaban J connectivity index is 1.05. The molecule has 0 bridgehead atoms. The highest BCUT2D eigenvalue weighted by molar-refractivity contribution is 6.31. The van der Waals surface area contributed by atoms with Gasteiger partial charge in [0.25, 0.3) is 0 Å². The van der Waals surface area contributed by atoms with Crippen molar-refractivity contribution in [2.24, 2.45) is 46.3 Å². The molecule has 4 aliphatic carbocycles. The first-order valence-corrected chi connectivity index (χ1v) is 20.2. The topological polar surface area (TPSA) is 140 Å². The average Bonchev–Trinajstić information content (AvgIpc) is 3.48. The number of para-hydroxylation sites is 1. The second kappa shape index (κ2) is 14.5. The zero-order valence-corrected chi connectivity index (χ0v) is 32.9. The van der Waals surface area contributed by atoms with Crippen molar-refractivity contribution >= 4 is 39.9 Å². The van der Waals surface area contributed by atoms with Gasteiger partial charge in [-0.1, -0.05) is 68.5 Å². The maximum absolute atomic E-state index is 12.6. The lowest BCUT2D eigenvalue weighted by Gasteiger charge is -2.64. The lowest BCUT2D eigenvalue weighted by atomic mass is 9.42. The minimum Gasteiger partial charge on any atom is -0.481 e. The molecule has 0 aliphatic heterocycles. The third-order valence-electron chi connectivity index (χ3n) is 14.8. The summed E-state index contributed by atoms with van der Waals surface area (Å²) in [5.41, 5.74) is 2.67. The van der Waals surface area contributed by atoms with Crippen LogP contribution in [0.2, 0.25) is 5.02 Å². The van der Waals surface area contributed by atoms with E-state index in [-0.39, 0.29) is 58.5 Å². The van der Waals surface area contributed by atoms with E-state index in [0.717, 1.165) is 41.4 Å². The van der Waals surface area contributed by atoms with Gasteiger partial charge in [-0.15, -0.1) is 0 Å². The SMILES string of the molecule is CC(=O)c1c(C)nc2ccccc2c1NCc1ccc(C#CC2(O)CCC3(C)C(CC(O)C4C3CC(O)C3(C)C4CC[C@@H]3C(C)CCC(=O)O)C2)c(Cl)c1. The van der Waals surface area contributed by atoms with Crippen LogP contribution in [0.1, 0.15) is 113 Å². The summed E-state index contributed by atoms with van der Waals surface area (Å²) in [7, 11) is 0. The molecule has 288 valence electrons. The number of aliphatic hydroxyl groups is 3. The molecule has 5 N–H and O–H groups in total. The zero-order valence-electron chi connectivity index (χ0n) is 32.2. The fourth-order valence-electron chi connectivity index (χ4n) is 11.9. The highest BCUT2D eigenvalue weighted by Crippen LogP contribution is 2.69. The number of Topliss-reactive ketones (excluding diaryl/α,β-unsaturated/α-hetero) is 1. The van der Waals surface area contributed by atoms with Crippen molar-refractivity contribution in [1.82, 2.24) is 4.98 Å². The predicted molar refractivity (Wildman–Crippen MR) is 211 cm³/mol. The first-order chi connectivity index (χ1) is 25.6. The van der Waals surface area contributed by atoms with Gasteiger partial charge in [0.1, 0.15) is 5.60 Å². The number of anilines is 1. The standard InChI is InChI=1S/C45H55ClN2O6/c1-25(10-15-39(52)53)32-13-14-33-41-34(22-38(51)44(32,33)5)43(4)18-19-45(54,23-30(43)21-37(41)50)17-16-29-12-11-28(20-35(29)46)24-47-42-31-8-6-7-9-36(31)48-26(2)40(42)27(3)49/h6-9,11-12,20,25,30,32-34,37-38,41,50-51,54H,10,13-15,18-19,21-24H2,1-5H3,(H,47,48)(H,52,53)/t25?,30?,32-,33?,34?,37?,38?,41?,43?,44?,45?/m1/s1. The molecular weight excluding hydrogens is 700 g/mol. The molecule has 9 heteroatoms. The summed E-state index contributed by atoms with van der Waals surface area (Å²) in [6.45, 7) is 10.5. The summed E-state index contributed by atoms with van der Waals surface area (Å²) in [6.07, 6.45) is 4.55. The molecule has 1 heterocycles. The van der Waals surface area contributed by atoms with E-state index in [4.69, 9.17) is 11.6 Å². The van der Waals surface area contributed by atoms with Crippen LogP contribution in [0.3, 0.4) is 0 Å². The second-order valence-corrected chi connectivity index (χ2v) is 18.1. The van der Waals surface area contributed by atoms with Crippen LogP contribution in [0.4, 0.5) is 5.69 Å². The first-order valence-electron chi connectivity index (χ1n) is 19.8. The molecule has 7 rings (SSSR count). The highest BCUT2D eigenvalue weighted by atomic mass is 35.5. The Morgan fingerprint density at radius 3 is 2.56 bits per heavy atom. The number of benzene rings is 2. The normalized spacial score (nSPS) is 34.9. The number of rotatable bonds is 8. The van der Waals surface area contributed by atoms with Crippen LogP contribution in [-0.2, 0) is 11.3 Å². The first kappa shape index (κ1) is 38.8. The maximum Gasteiger partial charge on any atom is 0.303 e. The van der Waals surface area contributed by atoms with Crippen LogP contribution in [0.5, 0.6) is 0 Å². The molecule has 4 aliphatic rings. The Kier molecular flexibility index (Phi) is 10.4. The number of carboxylic acid groups (broad SMARTS) is 1. The molecule has 4 fully saturated rings. The fraction of sp³-hybridized carbons (Fsp3) is 0.578. The Hall–Kier alpha value is -3.48. The lowest BCUT2D eigenvalue weighted by molar-refractivity contribution is -0.211. The molecule has 0 saturated heterocycles. The lowest BCUT2D eigenvalue weighted by Crippen LogP contribution is -2.63. The number of aryl methyl sites for hydroxylation is 1. The highest BCUT2D eigenvalue weighted by Gasteiger charge is 2.66. The van der Waals surface area contributed by atoms with Gasteiger partial charge in [-0.05, 0) is 135 Å². The van der Waals surface area contributed by atoms with E-state index in [1.165, 1.54) is 0 Å². The molecule has 4 saturated carbocycles. The van der Waals surface area contributed by atoms with Gasteiger partial charge in [0.05, 0.1) is 39.7 Å². The third-order valence-corrected chi connectivity index (χ3v) is 15.1. The van der Waals surface area contributed by atoms with Crippen molar-refractivity contribution in [2.75, 3.05) is 5.32 Å². The quantitative estimate of drug-likeness (QED) is 0.115. The van der Waals surface area contributed by atoms with Crippen LogP contribution in [-0.4, -0.2) is 55.0 Å². The number of nitrogens with zero attached hydrogens (tertiary/aromatic N) is 1. The summed E-state index contributed by atoms with van der Waals surface area (Å²) in [4.78, 5) is 28.6. The molecule has 2 aromatic carbocycles. The molecule has 0 radical (unpaired) electrons. The number of hydrogen-bond donors (Lipinski definition) is 5. The van der Waals surface area contributed by atoms with Crippen molar-refractivity contribution in [1.29, 1.82) is 0 Å². The number of nitrogens with one attached hydrogen (secondary N) is 1. The van der Waals surface area contributed by atoms with Gasteiger partial charge in [-0.3, -0.25) is 14.6 Å². The Labute approximate surface area is 324 Å². The number of aromatic nitrogens is 1. The van der Waals surface area contributed by atoms with E-state index in [1.54, 1.807) is 6.92 Å². The molecule has 8 nitrogen and oxygen atoms in total. The van der Waals surface area contributed by atoms with Gasteiger partial charge in [-0.2, -0.15) is 0 Å². The van der Waals surface area contributed by atoms with Crippen molar-refractivity contribution < 1.29 is 30.0 Å². The number of ketones is 1. The van der Waals surface area contributed by atoms with Crippen molar-refractivity contribution in [2.45, 2.75) is 117 Å². The largest absolute Gasteiger partial charge is 0.481 e. The number of carboxylic acids is 1. The zero-order chi connectivity index (χ0) is 38.7. The van der Waals surface area contributed by atoms with Gasteiger partial charge in [0.2, 0.25) is 0 Å². The van der Waals surface area contributed by atoms with E-state index in [1.807, 2.05) is 49.4 Å². The van der Waals surface area contributed by atoms with Crippen molar-refractivity contribution in [3.63, 3.8) is 0 Å². The number of halogens is 1. The van der Waals surface area contributed by atoms with Crippen LogP contribution < -0.4 is 5.32 Å². The number of hydrogen-bond acceptors (Lipinski definition) is 7. The van der Waals surface area contributed by atoms with Crippen LogP contribution in [0.25, 0.3) is 10.9 Å². The summed E-state index contributed by atoms with van der Waals surface area (Å²) in [5, 5.41) is 49.8. The van der Waals surface area contributed by atoms with E-state index >= 15 is 0 Å². The predicted octanol–water partition coefficient (Wildman–Crippen LogP) is 8.20. The maximum atomic E-state index is 12.6. The third kappa shape index (κ3) is 6.74. The van der Waals surface area contributed by atoms with Gasteiger partial charge in [0, 0.05) is 23.9 Å². The number of pyridine rings is 1. The Bertz CT molecular complexity index is 2020. The summed E-state index contributed by atoms with van der Waals surface area (Å²) >= 11 is 6.78. The van der Waals surface area contributed by atoms with Crippen LogP contribution in [0, 0.1) is 65.1 Å². The van der Waals surface area contributed by atoms with Crippen molar-refractivity contribution in [3.05, 3.63) is 69.9 Å². The summed E-state index contributed by atoms with van der Waals surface area (Å²) in [5.74, 6) is 6.42. The molecule has 3 aromatic rings. The van der Waals surface area contributed by atoms with E-state index < -0.39 is 23.8 Å². The molecule has 0 spiro atoms. The monoisotopic (exact) mass is 754 g/mol. The minimum absolute atomic E-state index is 0.0527. The molecule has 0 amide bonds. The van der Waals surface area contributed by atoms with Crippen LogP contribution >= 0.6 is 11.6 Å². The Morgan fingerprint density at radius 1 is 1.07 bits per heavy atom. The Morgan fingerprint density at radius 2 is 1.83 bits per heavy atom. The second-order valence-electron chi connectivity index (χ2n) is 17.7. The molecular formula is C45H55ClN2O6. The van der Waals surface area contributed by atoms with Gasteiger partial charge in [-0.25, -0.2) is 0 Å². The van der Waals surface area contributed by atoms with Gasteiger partial charge < -0.3 is 25.7 Å². The van der Waals surface area contributed by atoms with Crippen LogP contribution in [0.15, 0.2) is 42.5 Å². The van der Waals surface area contributed by atoms with E-state index in [2.05, 4.69) is 42.9 Å². The van der Waals surface area contributed by atoms with E-state index in [9.17, 15) is 30.0 Å². The fourth-order valence-corrected chi connectivity index (χ4v) is 12.2. The molecule has 1 aromatic heterocycles. The number of aliphatic hydroxyl groups excluding tert-OH is 2. The summed E-state index contributed by atoms with van der Waals surface area (Å²) < 4.78 is 0. The van der Waals surface area contributed by atoms with E-state index in [0.29, 0.717) is 60.5 Å². The molecule has 10 unspecified atom stereocenters. The number of carbonyl (C=O) groups excluding carboxylic acids is 1. The van der Waals surface area contributed by atoms with Gasteiger partial charge in [0.15, 0.2) is 5.78 Å². The molecule has 11 atom stereocenters. The smallest absolute Gasteiger partial charge is 0.303 e. The number of aliphatic carboxylic acids is 1. The molecule has 54 heavy (non-hydrogen) atoms.